The molecule has 0 spiro atoms. The lowest BCUT2D eigenvalue weighted by atomic mass is 10.4. The van der Waals surface area contributed by atoms with Crippen LogP contribution in [0.5, 0.6) is 0 Å². The molecule has 0 aliphatic carbocycles. The zero-order valence-corrected chi connectivity index (χ0v) is 9.31. The van der Waals surface area contributed by atoms with Gasteiger partial charge >= 0.3 is 0 Å². The predicted molar refractivity (Wildman–Crippen MR) is 57.2 cm³/mol. The lowest BCUT2D eigenvalue weighted by Crippen LogP contribution is -2.34. The first-order chi connectivity index (χ1) is 6.35. The molecule has 0 aliphatic heterocycles. The average Bonchev–Trinajstić information content (AvgIpc) is 2.14. The summed E-state index contributed by atoms with van der Waals surface area (Å²) in [5, 5.41) is 3.33. The lowest BCUT2D eigenvalue weighted by molar-refractivity contribution is 0.148. The maximum atomic E-state index is 5.06. The van der Waals surface area contributed by atoms with E-state index in [1.165, 1.54) is 13.0 Å². The third kappa shape index (κ3) is 8.22. The third-order valence-corrected chi connectivity index (χ3v) is 2.01. The number of rotatable bonds is 9. The van der Waals surface area contributed by atoms with Crippen LogP contribution in [-0.4, -0.2) is 51.3 Å². The third-order valence-electron chi connectivity index (χ3n) is 2.01. The van der Waals surface area contributed by atoms with Crippen molar-refractivity contribution >= 4 is 0 Å². The number of hydrogen-bond acceptors (Lipinski definition) is 3. The highest BCUT2D eigenvalue weighted by Crippen LogP contribution is 1.90. The Labute approximate surface area is 82.4 Å². The molecule has 0 bridgehead atoms. The van der Waals surface area contributed by atoms with Gasteiger partial charge in [0.25, 0.3) is 0 Å². The molecular formula is C10H24N2O. The summed E-state index contributed by atoms with van der Waals surface area (Å²) in [6.07, 6.45) is 1.22. The van der Waals surface area contributed by atoms with Crippen molar-refractivity contribution in [3.8, 4) is 0 Å². The second-order valence-corrected chi connectivity index (χ2v) is 3.19. The average molecular weight is 188 g/mol. The molecule has 13 heavy (non-hydrogen) atoms. The molecule has 0 saturated heterocycles. The molecule has 0 aromatic rings. The van der Waals surface area contributed by atoms with Crippen LogP contribution < -0.4 is 5.32 Å². The molecule has 3 nitrogen and oxygen atoms in total. The molecule has 0 aromatic carbocycles. The van der Waals surface area contributed by atoms with E-state index in [0.29, 0.717) is 0 Å². The Hall–Kier alpha value is -0.120. The smallest absolute Gasteiger partial charge is 0.0589 e. The molecule has 0 rings (SSSR count). The maximum absolute atomic E-state index is 5.06. The van der Waals surface area contributed by atoms with Crippen molar-refractivity contribution in [2.24, 2.45) is 0 Å². The van der Waals surface area contributed by atoms with Crippen molar-refractivity contribution in [2.45, 2.75) is 20.3 Å². The summed E-state index contributed by atoms with van der Waals surface area (Å²) in [5.74, 6) is 0. The van der Waals surface area contributed by atoms with Gasteiger partial charge in [-0.2, -0.15) is 0 Å². The highest BCUT2D eigenvalue weighted by Gasteiger charge is 2.01. The Morgan fingerprint density at radius 2 is 1.92 bits per heavy atom. The summed E-state index contributed by atoms with van der Waals surface area (Å²) in [6, 6.07) is 0. The minimum atomic E-state index is 0.839. The maximum Gasteiger partial charge on any atom is 0.0589 e. The van der Waals surface area contributed by atoms with Gasteiger partial charge in [-0.3, -0.25) is 4.90 Å². The number of methoxy groups -OCH3 is 1. The second-order valence-electron chi connectivity index (χ2n) is 3.19. The van der Waals surface area contributed by atoms with Gasteiger partial charge in [0.15, 0.2) is 0 Å². The first kappa shape index (κ1) is 12.9. The van der Waals surface area contributed by atoms with Crippen molar-refractivity contribution in [1.29, 1.82) is 0 Å². The normalized spacial score (nSPS) is 11.1. The van der Waals surface area contributed by atoms with Crippen LogP contribution in [0.1, 0.15) is 20.3 Å². The molecule has 0 radical (unpaired) electrons. The van der Waals surface area contributed by atoms with Crippen LogP contribution in [0.15, 0.2) is 0 Å². The van der Waals surface area contributed by atoms with Crippen LogP contribution in [0.25, 0.3) is 0 Å². The Bertz CT molecular complexity index is 98.9. The van der Waals surface area contributed by atoms with Gasteiger partial charge in [-0.25, -0.2) is 0 Å². The van der Waals surface area contributed by atoms with Gasteiger partial charge in [0.1, 0.15) is 0 Å². The molecule has 80 valence electrons. The van der Waals surface area contributed by atoms with Gasteiger partial charge in [0.05, 0.1) is 6.61 Å². The minimum Gasteiger partial charge on any atom is -0.383 e. The Morgan fingerprint density at radius 1 is 1.15 bits per heavy atom. The minimum absolute atomic E-state index is 0.839. The van der Waals surface area contributed by atoms with Gasteiger partial charge in [-0.05, 0) is 19.5 Å². The summed E-state index contributed by atoms with van der Waals surface area (Å²) in [6.45, 7) is 10.7. The molecule has 0 aliphatic rings. The molecule has 0 saturated carbocycles. The number of nitrogens with one attached hydrogen (secondary N) is 1. The van der Waals surface area contributed by atoms with Crippen LogP contribution in [-0.2, 0) is 4.74 Å². The van der Waals surface area contributed by atoms with E-state index in [1.54, 1.807) is 7.11 Å². The van der Waals surface area contributed by atoms with E-state index in [2.05, 4.69) is 24.1 Å². The Morgan fingerprint density at radius 3 is 2.46 bits per heavy atom. The Kier molecular flexibility index (Phi) is 9.87. The van der Waals surface area contributed by atoms with Crippen LogP contribution in [0, 0.1) is 0 Å². The number of likely N-dealkylation sites (N-methyl/N-ethyl adjacent to an activating group) is 1. The van der Waals surface area contributed by atoms with Gasteiger partial charge in [-0.15, -0.1) is 0 Å². The topological polar surface area (TPSA) is 24.5 Å². The fourth-order valence-corrected chi connectivity index (χ4v) is 1.29. The van der Waals surface area contributed by atoms with Gasteiger partial charge < -0.3 is 10.1 Å². The number of ether oxygens (including phenoxy) is 1. The van der Waals surface area contributed by atoms with Gasteiger partial charge in [-0.1, -0.05) is 13.8 Å². The van der Waals surface area contributed by atoms with E-state index in [0.717, 1.165) is 32.8 Å². The molecule has 0 heterocycles. The highest BCUT2D eigenvalue weighted by atomic mass is 16.5. The molecule has 0 fully saturated rings. The van der Waals surface area contributed by atoms with Crippen LogP contribution in [0.2, 0.25) is 0 Å². The van der Waals surface area contributed by atoms with Crippen molar-refractivity contribution < 1.29 is 4.74 Å². The van der Waals surface area contributed by atoms with E-state index < -0.39 is 0 Å². The summed E-state index contributed by atoms with van der Waals surface area (Å²) in [5.41, 5.74) is 0. The van der Waals surface area contributed by atoms with Crippen LogP contribution >= 0.6 is 0 Å². The molecule has 1 N–H and O–H groups in total. The van der Waals surface area contributed by atoms with Crippen molar-refractivity contribution in [3.63, 3.8) is 0 Å². The summed E-state index contributed by atoms with van der Waals surface area (Å²) >= 11 is 0. The van der Waals surface area contributed by atoms with Crippen LogP contribution in [0.3, 0.4) is 0 Å². The van der Waals surface area contributed by atoms with Crippen molar-refractivity contribution in [3.05, 3.63) is 0 Å². The fraction of sp³-hybridized carbons (Fsp3) is 1.00. The van der Waals surface area contributed by atoms with E-state index >= 15 is 0 Å². The van der Waals surface area contributed by atoms with E-state index in [9.17, 15) is 0 Å². The Balaban J connectivity index is 3.41. The van der Waals surface area contributed by atoms with Gasteiger partial charge in [0.2, 0.25) is 0 Å². The molecule has 0 aromatic heterocycles. The second kappa shape index (κ2) is 9.96. The predicted octanol–water partition coefficient (Wildman–Crippen LogP) is 0.954. The SMILES string of the molecule is CCCN(CCNCC)CCOC. The fourth-order valence-electron chi connectivity index (χ4n) is 1.29. The zero-order chi connectivity index (χ0) is 9.94. The molecule has 0 unspecified atom stereocenters. The summed E-state index contributed by atoms with van der Waals surface area (Å²) in [4.78, 5) is 2.44. The van der Waals surface area contributed by atoms with E-state index in [1.807, 2.05) is 0 Å². The summed E-state index contributed by atoms with van der Waals surface area (Å²) in [7, 11) is 1.76. The van der Waals surface area contributed by atoms with Crippen molar-refractivity contribution in [2.75, 3.05) is 46.4 Å². The molecule has 3 heteroatoms. The van der Waals surface area contributed by atoms with Crippen LogP contribution in [0.4, 0.5) is 0 Å². The highest BCUT2D eigenvalue weighted by molar-refractivity contribution is 4.58. The molecule has 0 amide bonds. The standard InChI is InChI=1S/C10H24N2O/c1-4-7-12(9-10-13-3)8-6-11-5-2/h11H,4-10H2,1-3H3. The lowest BCUT2D eigenvalue weighted by Gasteiger charge is -2.21. The molecular weight excluding hydrogens is 164 g/mol. The molecule has 0 atom stereocenters. The van der Waals surface area contributed by atoms with E-state index in [4.69, 9.17) is 4.74 Å². The monoisotopic (exact) mass is 188 g/mol. The number of hydrogen-bond donors (Lipinski definition) is 1. The summed E-state index contributed by atoms with van der Waals surface area (Å²) < 4.78 is 5.06. The first-order valence-corrected chi connectivity index (χ1v) is 5.27. The number of nitrogens with zero attached hydrogens (tertiary/aromatic N) is 1. The van der Waals surface area contributed by atoms with E-state index in [-0.39, 0.29) is 0 Å². The largest absolute Gasteiger partial charge is 0.383 e. The first-order valence-electron chi connectivity index (χ1n) is 5.27. The van der Waals surface area contributed by atoms with Crippen molar-refractivity contribution in [1.82, 2.24) is 10.2 Å². The van der Waals surface area contributed by atoms with Gasteiger partial charge in [0, 0.05) is 26.7 Å². The zero-order valence-electron chi connectivity index (χ0n) is 9.31. The quantitative estimate of drug-likeness (QED) is 0.545.